The molecule has 2 heterocycles. The number of aromatic nitrogens is 3. The van der Waals surface area contributed by atoms with Crippen LogP contribution in [0.2, 0.25) is 0 Å². The highest BCUT2D eigenvalue weighted by Gasteiger charge is 2.30. The molecule has 88 valence electrons. The first kappa shape index (κ1) is 11.1. The zero-order valence-corrected chi connectivity index (χ0v) is 9.38. The van der Waals surface area contributed by atoms with Gasteiger partial charge in [-0.25, -0.2) is 14.5 Å². The van der Waals surface area contributed by atoms with Crippen molar-refractivity contribution in [1.29, 1.82) is 0 Å². The number of hydrogen-bond acceptors (Lipinski definition) is 4. The SMILES string of the molecule is Cc1nc(C)n(CC2CCC(C(=O)O)O2)n1. The number of nitrogens with zero attached hydrogens (tertiary/aromatic N) is 3. The van der Waals surface area contributed by atoms with E-state index in [1.807, 2.05) is 13.8 Å². The monoisotopic (exact) mass is 225 g/mol. The average Bonchev–Trinajstić information content (AvgIpc) is 2.75. The zero-order chi connectivity index (χ0) is 11.7. The Morgan fingerprint density at radius 1 is 1.56 bits per heavy atom. The summed E-state index contributed by atoms with van der Waals surface area (Å²) in [5.74, 6) is 0.680. The van der Waals surface area contributed by atoms with Crippen molar-refractivity contribution < 1.29 is 14.6 Å². The first-order chi connectivity index (χ1) is 7.56. The van der Waals surface area contributed by atoms with Crippen molar-refractivity contribution in [1.82, 2.24) is 14.8 Å². The van der Waals surface area contributed by atoms with Gasteiger partial charge in [0.15, 0.2) is 6.10 Å². The molecule has 0 saturated carbocycles. The Bertz CT molecular complexity index is 402. The first-order valence-electron chi connectivity index (χ1n) is 5.32. The smallest absolute Gasteiger partial charge is 0.332 e. The van der Waals surface area contributed by atoms with Gasteiger partial charge in [-0.15, -0.1) is 0 Å². The molecule has 0 spiro atoms. The lowest BCUT2D eigenvalue weighted by molar-refractivity contribution is -0.149. The molecule has 1 fully saturated rings. The summed E-state index contributed by atoms with van der Waals surface area (Å²) in [7, 11) is 0. The molecule has 0 amide bonds. The number of carboxylic acid groups (broad SMARTS) is 1. The summed E-state index contributed by atoms with van der Waals surface area (Å²) in [6, 6.07) is 0. The van der Waals surface area contributed by atoms with Crippen LogP contribution in [0.3, 0.4) is 0 Å². The third-order valence-corrected chi connectivity index (χ3v) is 2.72. The Hall–Kier alpha value is -1.43. The van der Waals surface area contributed by atoms with Crippen LogP contribution in [0.1, 0.15) is 24.5 Å². The lowest BCUT2D eigenvalue weighted by atomic mass is 10.2. The fourth-order valence-electron chi connectivity index (χ4n) is 1.95. The molecule has 2 atom stereocenters. The third-order valence-electron chi connectivity index (χ3n) is 2.72. The molecule has 0 radical (unpaired) electrons. The van der Waals surface area contributed by atoms with Gasteiger partial charge in [0.05, 0.1) is 12.6 Å². The molecule has 2 rings (SSSR count). The quantitative estimate of drug-likeness (QED) is 0.811. The summed E-state index contributed by atoms with van der Waals surface area (Å²) >= 11 is 0. The Kier molecular flexibility index (Phi) is 2.91. The van der Waals surface area contributed by atoms with E-state index in [-0.39, 0.29) is 6.10 Å². The van der Waals surface area contributed by atoms with E-state index < -0.39 is 12.1 Å². The topological polar surface area (TPSA) is 77.2 Å². The number of ether oxygens (including phenoxy) is 1. The molecule has 2 unspecified atom stereocenters. The largest absolute Gasteiger partial charge is 0.479 e. The molecule has 1 aromatic heterocycles. The van der Waals surface area contributed by atoms with Gasteiger partial charge < -0.3 is 9.84 Å². The van der Waals surface area contributed by atoms with E-state index in [0.717, 1.165) is 18.1 Å². The molecule has 1 aromatic rings. The van der Waals surface area contributed by atoms with E-state index in [1.165, 1.54) is 0 Å². The van der Waals surface area contributed by atoms with Crippen LogP contribution < -0.4 is 0 Å². The molecule has 1 aliphatic rings. The van der Waals surface area contributed by atoms with E-state index in [4.69, 9.17) is 9.84 Å². The van der Waals surface area contributed by atoms with Crippen molar-refractivity contribution >= 4 is 5.97 Å². The number of rotatable bonds is 3. The predicted molar refractivity (Wildman–Crippen MR) is 55.0 cm³/mol. The molecule has 16 heavy (non-hydrogen) atoms. The molecular weight excluding hydrogens is 210 g/mol. The maximum Gasteiger partial charge on any atom is 0.332 e. The number of carbonyl (C=O) groups is 1. The van der Waals surface area contributed by atoms with Gasteiger partial charge >= 0.3 is 5.97 Å². The van der Waals surface area contributed by atoms with Gasteiger partial charge in [0.2, 0.25) is 0 Å². The van der Waals surface area contributed by atoms with Gasteiger partial charge in [0.1, 0.15) is 11.6 Å². The molecule has 1 N–H and O–H groups in total. The van der Waals surface area contributed by atoms with Crippen LogP contribution in [0, 0.1) is 13.8 Å². The lowest BCUT2D eigenvalue weighted by Crippen LogP contribution is -2.23. The van der Waals surface area contributed by atoms with E-state index in [2.05, 4.69) is 10.1 Å². The molecule has 6 nitrogen and oxygen atoms in total. The summed E-state index contributed by atoms with van der Waals surface area (Å²) in [6.45, 7) is 4.29. The fraction of sp³-hybridized carbons (Fsp3) is 0.700. The number of hydrogen-bond donors (Lipinski definition) is 1. The molecular formula is C10H15N3O3. The predicted octanol–water partition coefficient (Wildman–Crippen LogP) is 0.527. The summed E-state index contributed by atoms with van der Waals surface area (Å²) in [4.78, 5) is 14.9. The molecule has 1 aliphatic heterocycles. The van der Waals surface area contributed by atoms with Gasteiger partial charge in [-0.3, -0.25) is 0 Å². The minimum atomic E-state index is -0.881. The third kappa shape index (κ3) is 2.21. The van der Waals surface area contributed by atoms with Crippen LogP contribution in [0.15, 0.2) is 0 Å². The molecule has 6 heteroatoms. The minimum absolute atomic E-state index is 0.0686. The number of aliphatic carboxylic acids is 1. The van der Waals surface area contributed by atoms with E-state index in [9.17, 15) is 4.79 Å². The molecule has 0 aromatic carbocycles. The van der Waals surface area contributed by atoms with Gasteiger partial charge in [0.25, 0.3) is 0 Å². The highest BCUT2D eigenvalue weighted by Crippen LogP contribution is 2.21. The van der Waals surface area contributed by atoms with E-state index >= 15 is 0 Å². The zero-order valence-electron chi connectivity index (χ0n) is 9.38. The summed E-state index contributed by atoms with van der Waals surface area (Å²) in [5, 5.41) is 13.0. The fourth-order valence-corrected chi connectivity index (χ4v) is 1.95. The lowest BCUT2D eigenvalue weighted by Gasteiger charge is -2.11. The molecule has 0 aliphatic carbocycles. The van der Waals surface area contributed by atoms with Crippen LogP contribution in [-0.2, 0) is 16.1 Å². The summed E-state index contributed by atoms with van der Waals surface area (Å²) < 4.78 is 7.17. The van der Waals surface area contributed by atoms with Crippen molar-refractivity contribution in [3.8, 4) is 0 Å². The Morgan fingerprint density at radius 3 is 2.81 bits per heavy atom. The Labute approximate surface area is 93.2 Å². The minimum Gasteiger partial charge on any atom is -0.479 e. The highest BCUT2D eigenvalue weighted by atomic mass is 16.5. The van der Waals surface area contributed by atoms with Crippen molar-refractivity contribution in [3.05, 3.63) is 11.6 Å². The summed E-state index contributed by atoms with van der Waals surface area (Å²) in [6.07, 6.45) is 0.609. The van der Waals surface area contributed by atoms with Crippen LogP contribution in [-0.4, -0.2) is 38.0 Å². The number of aryl methyl sites for hydroxylation is 2. The van der Waals surface area contributed by atoms with Gasteiger partial charge in [0, 0.05) is 0 Å². The van der Waals surface area contributed by atoms with Crippen molar-refractivity contribution in [2.75, 3.05) is 0 Å². The van der Waals surface area contributed by atoms with Gasteiger partial charge in [-0.2, -0.15) is 5.10 Å². The van der Waals surface area contributed by atoms with Gasteiger partial charge in [-0.05, 0) is 26.7 Å². The van der Waals surface area contributed by atoms with Gasteiger partial charge in [-0.1, -0.05) is 0 Å². The van der Waals surface area contributed by atoms with Crippen molar-refractivity contribution in [2.24, 2.45) is 0 Å². The second kappa shape index (κ2) is 4.21. The second-order valence-corrected chi connectivity index (χ2v) is 4.05. The van der Waals surface area contributed by atoms with Crippen LogP contribution in [0.4, 0.5) is 0 Å². The van der Waals surface area contributed by atoms with E-state index in [1.54, 1.807) is 4.68 Å². The Morgan fingerprint density at radius 2 is 2.31 bits per heavy atom. The summed E-state index contributed by atoms with van der Waals surface area (Å²) in [5.41, 5.74) is 0. The molecule has 1 saturated heterocycles. The van der Waals surface area contributed by atoms with E-state index in [0.29, 0.717) is 13.0 Å². The molecule has 0 bridgehead atoms. The Balaban J connectivity index is 1.97. The van der Waals surface area contributed by atoms with Crippen LogP contribution in [0.5, 0.6) is 0 Å². The maximum absolute atomic E-state index is 10.7. The van der Waals surface area contributed by atoms with Crippen LogP contribution >= 0.6 is 0 Å². The van der Waals surface area contributed by atoms with Crippen LogP contribution in [0.25, 0.3) is 0 Å². The number of carboxylic acids is 1. The standard InChI is InChI=1S/C10H15N3O3/c1-6-11-7(2)13(12-6)5-8-3-4-9(16-8)10(14)15/h8-9H,3-5H2,1-2H3,(H,14,15). The second-order valence-electron chi connectivity index (χ2n) is 4.05. The van der Waals surface area contributed by atoms with Crippen molar-refractivity contribution in [2.45, 2.75) is 45.4 Å². The van der Waals surface area contributed by atoms with Crippen molar-refractivity contribution in [3.63, 3.8) is 0 Å². The first-order valence-corrected chi connectivity index (χ1v) is 5.32. The highest BCUT2D eigenvalue weighted by molar-refractivity contribution is 5.72. The average molecular weight is 225 g/mol. The normalized spacial score (nSPS) is 24.9. The maximum atomic E-state index is 10.7.